The van der Waals surface area contributed by atoms with Gasteiger partial charge >= 0.3 is 45.5 Å². The van der Waals surface area contributed by atoms with E-state index in [2.05, 4.69) is 0 Å². The van der Waals surface area contributed by atoms with Crippen LogP contribution in [0.4, 0.5) is 0 Å². The van der Waals surface area contributed by atoms with Crippen LogP contribution in [0.5, 0.6) is 5.75 Å². The number of rotatable bonds is 1. The smallest absolute Gasteiger partial charge is 0.872 e. The van der Waals surface area contributed by atoms with E-state index >= 15 is 0 Å². The number of nitrogens with zero attached hydrogens (tertiary/aromatic N) is 1. The van der Waals surface area contributed by atoms with E-state index in [0.29, 0.717) is 5.56 Å². The second kappa shape index (κ2) is 4.91. The summed E-state index contributed by atoms with van der Waals surface area (Å²) in [6.45, 7) is 0. The molecule has 10 heavy (non-hydrogen) atoms. The number of benzene rings is 1. The summed E-state index contributed by atoms with van der Waals surface area (Å²) >= 11 is 0. The Hall–Kier alpha value is 0.171. The second-order valence-corrected chi connectivity index (χ2v) is 1.67. The van der Waals surface area contributed by atoms with Gasteiger partial charge in [0.1, 0.15) is 0 Å². The third-order valence-electron chi connectivity index (χ3n) is 1.06. The van der Waals surface area contributed by atoms with Gasteiger partial charge in [0.2, 0.25) is 0 Å². The van der Waals surface area contributed by atoms with E-state index in [4.69, 9.17) is 5.41 Å². The Bertz CT molecular complexity index is 225. The van der Waals surface area contributed by atoms with Crippen molar-refractivity contribution in [2.45, 2.75) is 0 Å². The van der Waals surface area contributed by atoms with Crippen molar-refractivity contribution in [3.63, 3.8) is 0 Å². The normalized spacial score (nSPS) is 8.00. The Balaban J connectivity index is 0.000000810. The van der Waals surface area contributed by atoms with Crippen LogP contribution in [0.25, 0.3) is 5.41 Å². The molecule has 2 nitrogen and oxygen atoms in total. The Morgan fingerprint density at radius 1 is 1.30 bits per heavy atom. The van der Waals surface area contributed by atoms with E-state index in [1.165, 1.54) is 6.07 Å². The van der Waals surface area contributed by atoms with Gasteiger partial charge in [-0.1, -0.05) is 29.8 Å². The molecule has 0 aliphatic heterocycles. The molecule has 0 saturated heterocycles. The van der Waals surface area contributed by atoms with Crippen LogP contribution in [0, 0.1) is 0 Å². The molecular formula is C7H5NOSr. The third-order valence-corrected chi connectivity index (χ3v) is 1.06. The van der Waals surface area contributed by atoms with E-state index in [-0.39, 0.29) is 51.2 Å². The predicted molar refractivity (Wildman–Crippen MR) is 40.2 cm³/mol. The Labute approximate surface area is 96.7 Å². The van der Waals surface area contributed by atoms with E-state index in [9.17, 15) is 5.11 Å². The van der Waals surface area contributed by atoms with E-state index in [1.807, 2.05) is 0 Å². The molecule has 0 atom stereocenters. The fourth-order valence-corrected chi connectivity index (χ4v) is 0.587. The average Bonchev–Trinajstić information content (AvgIpc) is 1.89. The van der Waals surface area contributed by atoms with E-state index in [0.717, 1.165) is 6.21 Å². The molecule has 1 aromatic rings. The summed E-state index contributed by atoms with van der Waals surface area (Å²) in [5.74, 6) is -0.153. The maximum absolute atomic E-state index is 10.7. The quantitative estimate of drug-likeness (QED) is 0.484. The molecule has 0 N–H and O–H groups in total. The molecule has 3 heteroatoms. The van der Waals surface area contributed by atoms with Crippen molar-refractivity contribution in [3.05, 3.63) is 35.2 Å². The Morgan fingerprint density at radius 3 is 2.30 bits per heavy atom. The van der Waals surface area contributed by atoms with Crippen LogP contribution in [-0.2, 0) is 0 Å². The molecular weight excluding hydrogens is 202 g/mol. The molecule has 0 saturated carbocycles. The number of hydrogen-bond acceptors (Lipinski definition) is 1. The van der Waals surface area contributed by atoms with Crippen LogP contribution >= 0.6 is 0 Å². The van der Waals surface area contributed by atoms with Crippen LogP contribution in [0.15, 0.2) is 24.3 Å². The zero-order valence-corrected chi connectivity index (χ0v) is 8.93. The van der Waals surface area contributed by atoms with Gasteiger partial charge in [0.15, 0.2) is 0 Å². The molecule has 0 unspecified atom stereocenters. The zero-order valence-electron chi connectivity index (χ0n) is 5.45. The van der Waals surface area contributed by atoms with Gasteiger partial charge in [0.05, 0.1) is 0 Å². The molecule has 1 aromatic carbocycles. The predicted octanol–water partition coefficient (Wildman–Crippen LogP) is 0.368. The summed E-state index contributed by atoms with van der Waals surface area (Å²) in [4.78, 5) is 0. The molecule has 0 aliphatic rings. The molecule has 0 heterocycles. The summed E-state index contributed by atoms with van der Waals surface area (Å²) in [6.07, 6.45) is 0.808. The Morgan fingerprint density at radius 2 is 1.90 bits per heavy atom. The van der Waals surface area contributed by atoms with Gasteiger partial charge in [-0.25, -0.2) is 0 Å². The van der Waals surface area contributed by atoms with Crippen LogP contribution in [0.1, 0.15) is 5.56 Å². The van der Waals surface area contributed by atoms with Crippen molar-refractivity contribution in [2.75, 3.05) is 0 Å². The van der Waals surface area contributed by atoms with Gasteiger partial charge in [-0.2, -0.15) is 6.21 Å². The molecule has 0 spiro atoms. The van der Waals surface area contributed by atoms with Crippen LogP contribution < -0.4 is 5.11 Å². The van der Waals surface area contributed by atoms with Gasteiger partial charge in [0.25, 0.3) is 0 Å². The zero-order chi connectivity index (χ0) is 6.69. The first kappa shape index (κ1) is 10.2. The Kier molecular flexibility index (Phi) is 4.99. The minimum atomic E-state index is -0.153. The molecule has 0 radical (unpaired) electrons. The van der Waals surface area contributed by atoms with Gasteiger partial charge in [0, 0.05) is 0 Å². The van der Waals surface area contributed by atoms with Crippen molar-refractivity contribution in [1.29, 1.82) is 0 Å². The van der Waals surface area contributed by atoms with Crippen molar-refractivity contribution in [3.8, 4) is 5.75 Å². The second-order valence-electron chi connectivity index (χ2n) is 1.67. The van der Waals surface area contributed by atoms with Crippen LogP contribution in [0.2, 0.25) is 0 Å². The first-order valence-electron chi connectivity index (χ1n) is 2.58. The molecule has 0 amide bonds. The summed E-state index contributed by atoms with van der Waals surface area (Å²) < 4.78 is 0. The fourth-order valence-electron chi connectivity index (χ4n) is 0.587. The first-order valence-corrected chi connectivity index (χ1v) is 2.58. The third kappa shape index (κ3) is 2.42. The number of hydrogen-bond donors (Lipinski definition) is 0. The first-order chi connectivity index (χ1) is 4.34. The largest absolute Gasteiger partial charge is 2.00 e. The van der Waals surface area contributed by atoms with Gasteiger partial charge < -0.3 is 10.5 Å². The SMILES string of the molecule is [N-]=Cc1ccccc1[O-].[Sr+2]. The minimum absolute atomic E-state index is 0. The van der Waals surface area contributed by atoms with Gasteiger partial charge in [-0.05, 0) is 0 Å². The van der Waals surface area contributed by atoms with Crippen LogP contribution in [-0.4, -0.2) is 51.7 Å². The molecule has 1 rings (SSSR count). The number of para-hydroxylation sites is 1. The maximum Gasteiger partial charge on any atom is 2.00 e. The summed E-state index contributed by atoms with van der Waals surface area (Å²) in [5.41, 5.74) is 0.331. The van der Waals surface area contributed by atoms with Crippen molar-refractivity contribution >= 4 is 51.7 Å². The molecule has 0 aromatic heterocycles. The average molecular weight is 207 g/mol. The molecule has 46 valence electrons. The standard InChI is InChI=1S/C7H6NO.Sr/c8-5-6-3-1-2-4-7(6)9;/h1-5,9H;/q-1;+2/p-1. The van der Waals surface area contributed by atoms with Crippen LogP contribution in [0.3, 0.4) is 0 Å². The van der Waals surface area contributed by atoms with Crippen molar-refractivity contribution in [2.24, 2.45) is 0 Å². The summed E-state index contributed by atoms with van der Waals surface area (Å²) in [6, 6.07) is 6.29. The summed E-state index contributed by atoms with van der Waals surface area (Å²) in [5, 5.41) is 19.1. The van der Waals surface area contributed by atoms with Gasteiger partial charge in [-0.15, -0.1) is 5.75 Å². The molecule has 0 bridgehead atoms. The van der Waals surface area contributed by atoms with E-state index < -0.39 is 0 Å². The summed E-state index contributed by atoms with van der Waals surface area (Å²) in [7, 11) is 0. The van der Waals surface area contributed by atoms with E-state index in [1.54, 1.807) is 18.2 Å². The monoisotopic (exact) mass is 207 g/mol. The molecule has 0 fully saturated rings. The van der Waals surface area contributed by atoms with Crippen molar-refractivity contribution < 1.29 is 5.11 Å². The maximum atomic E-state index is 10.7. The fraction of sp³-hybridized carbons (Fsp3) is 0. The van der Waals surface area contributed by atoms with Gasteiger partial charge in [-0.3, -0.25) is 0 Å². The minimum Gasteiger partial charge on any atom is -0.872 e. The topological polar surface area (TPSA) is 45.4 Å². The molecule has 0 aliphatic carbocycles. The van der Waals surface area contributed by atoms with Crippen molar-refractivity contribution in [1.82, 2.24) is 0 Å².